The average Bonchev–Trinajstić information content (AvgIpc) is 2.99. The number of hydrogen-bond acceptors (Lipinski definition) is 5. The SMILES string of the molecule is CCN1CCN(Cc2ccc(CN=C3NS(=O)(=O)c4ccccc43)cc2)CC1. The number of nitrogens with one attached hydrogen (secondary N) is 1. The van der Waals surface area contributed by atoms with Crippen LogP contribution in [0.1, 0.15) is 23.6 Å². The maximum atomic E-state index is 12.1. The Morgan fingerprint density at radius 1 is 0.929 bits per heavy atom. The molecule has 2 heterocycles. The van der Waals surface area contributed by atoms with Crippen LogP contribution in [0.15, 0.2) is 58.4 Å². The Bertz CT molecular complexity index is 962. The van der Waals surface area contributed by atoms with Gasteiger partial charge in [0.05, 0.1) is 11.4 Å². The highest BCUT2D eigenvalue weighted by Gasteiger charge is 2.29. The Morgan fingerprint density at radius 2 is 1.57 bits per heavy atom. The third-order valence-electron chi connectivity index (χ3n) is 5.42. The second kappa shape index (κ2) is 8.03. The molecule has 0 spiro atoms. The van der Waals surface area contributed by atoms with Gasteiger partial charge >= 0.3 is 0 Å². The van der Waals surface area contributed by atoms with Gasteiger partial charge in [-0.1, -0.05) is 43.3 Å². The van der Waals surface area contributed by atoms with E-state index < -0.39 is 10.0 Å². The van der Waals surface area contributed by atoms with Crippen molar-refractivity contribution in [2.75, 3.05) is 32.7 Å². The van der Waals surface area contributed by atoms with Gasteiger partial charge in [-0.2, -0.15) is 0 Å². The molecule has 0 bridgehead atoms. The van der Waals surface area contributed by atoms with Gasteiger partial charge in [-0.3, -0.25) is 14.6 Å². The molecule has 2 aliphatic heterocycles. The van der Waals surface area contributed by atoms with Gasteiger partial charge < -0.3 is 4.90 Å². The summed E-state index contributed by atoms with van der Waals surface area (Å²) in [5.74, 6) is 0.425. The molecule has 0 radical (unpaired) electrons. The molecule has 6 nitrogen and oxygen atoms in total. The molecule has 0 unspecified atom stereocenters. The standard InChI is InChI=1S/C21H26N4O2S/c1-2-24-11-13-25(14-12-24)16-18-9-7-17(8-10-18)15-22-21-19-5-3-4-6-20(19)28(26,27)23-21/h3-10H,2,11-16H2,1H3,(H,22,23). The molecule has 0 atom stereocenters. The Balaban J connectivity index is 1.39. The molecular formula is C21H26N4O2S. The monoisotopic (exact) mass is 398 g/mol. The molecule has 2 aromatic carbocycles. The molecule has 2 aliphatic rings. The number of benzene rings is 2. The fourth-order valence-electron chi connectivity index (χ4n) is 3.69. The lowest BCUT2D eigenvalue weighted by atomic mass is 10.1. The summed E-state index contributed by atoms with van der Waals surface area (Å²) in [6.45, 7) is 9.28. The van der Waals surface area contributed by atoms with Crippen LogP contribution in [0.2, 0.25) is 0 Å². The molecule has 0 amide bonds. The van der Waals surface area contributed by atoms with E-state index in [-0.39, 0.29) is 0 Å². The molecule has 0 aromatic heterocycles. The number of aliphatic imine (C=N–C) groups is 1. The normalized spacial score (nSPS) is 20.8. The van der Waals surface area contributed by atoms with Crippen LogP contribution in [0, 0.1) is 0 Å². The number of piperazine rings is 1. The third kappa shape index (κ3) is 4.11. The van der Waals surface area contributed by atoms with E-state index in [0.29, 0.717) is 22.8 Å². The van der Waals surface area contributed by atoms with Gasteiger partial charge in [0, 0.05) is 38.3 Å². The highest BCUT2D eigenvalue weighted by Crippen LogP contribution is 2.22. The number of nitrogens with zero attached hydrogens (tertiary/aromatic N) is 3. The minimum atomic E-state index is -3.48. The van der Waals surface area contributed by atoms with E-state index in [4.69, 9.17) is 0 Å². The first kappa shape index (κ1) is 19.1. The number of sulfonamides is 1. The van der Waals surface area contributed by atoms with Crippen LogP contribution in [-0.4, -0.2) is 56.8 Å². The Labute approximate surface area is 166 Å². The van der Waals surface area contributed by atoms with Crippen LogP contribution < -0.4 is 4.72 Å². The summed E-state index contributed by atoms with van der Waals surface area (Å²) in [7, 11) is -3.48. The van der Waals surface area contributed by atoms with Crippen LogP contribution in [0.3, 0.4) is 0 Å². The number of rotatable bonds is 5. The van der Waals surface area contributed by atoms with Crippen LogP contribution >= 0.6 is 0 Å². The van der Waals surface area contributed by atoms with Crippen LogP contribution in [0.5, 0.6) is 0 Å². The molecule has 7 heteroatoms. The van der Waals surface area contributed by atoms with Crippen molar-refractivity contribution < 1.29 is 8.42 Å². The zero-order valence-electron chi connectivity index (χ0n) is 16.1. The Morgan fingerprint density at radius 3 is 2.29 bits per heavy atom. The predicted octanol–water partition coefficient (Wildman–Crippen LogP) is 2.06. The molecule has 28 heavy (non-hydrogen) atoms. The van der Waals surface area contributed by atoms with Gasteiger partial charge in [0.1, 0.15) is 5.84 Å². The quantitative estimate of drug-likeness (QED) is 0.837. The number of hydrogen-bond donors (Lipinski definition) is 1. The van der Waals surface area contributed by atoms with Gasteiger partial charge in [0.2, 0.25) is 0 Å². The summed E-state index contributed by atoms with van der Waals surface area (Å²) in [4.78, 5) is 9.77. The van der Waals surface area contributed by atoms with E-state index in [1.165, 1.54) is 5.56 Å². The van der Waals surface area contributed by atoms with E-state index in [1.54, 1.807) is 18.2 Å². The fourth-order valence-corrected chi connectivity index (χ4v) is 4.94. The van der Waals surface area contributed by atoms with Crippen molar-refractivity contribution in [1.29, 1.82) is 0 Å². The van der Waals surface area contributed by atoms with Crippen LogP contribution in [0.4, 0.5) is 0 Å². The highest BCUT2D eigenvalue weighted by atomic mass is 32.2. The van der Waals surface area contributed by atoms with Crippen molar-refractivity contribution in [2.24, 2.45) is 4.99 Å². The van der Waals surface area contributed by atoms with E-state index in [1.807, 2.05) is 6.07 Å². The second-order valence-electron chi connectivity index (χ2n) is 7.29. The highest BCUT2D eigenvalue weighted by molar-refractivity contribution is 7.90. The Hall–Kier alpha value is -2.22. The molecular weight excluding hydrogens is 372 g/mol. The van der Waals surface area contributed by atoms with Gasteiger partial charge in [0.15, 0.2) is 0 Å². The van der Waals surface area contributed by atoms with Crippen molar-refractivity contribution in [3.8, 4) is 0 Å². The minimum absolute atomic E-state index is 0.298. The smallest absolute Gasteiger partial charge is 0.263 e. The largest absolute Gasteiger partial charge is 0.301 e. The van der Waals surface area contributed by atoms with Gasteiger partial charge in [-0.25, -0.2) is 8.42 Å². The first-order valence-corrected chi connectivity index (χ1v) is 11.2. The molecule has 1 N–H and O–H groups in total. The minimum Gasteiger partial charge on any atom is -0.301 e. The molecule has 2 aromatic rings. The fraction of sp³-hybridized carbons (Fsp3) is 0.381. The molecule has 1 saturated heterocycles. The number of likely N-dealkylation sites (N-methyl/N-ethyl adjacent to an activating group) is 1. The second-order valence-corrected chi connectivity index (χ2v) is 8.94. The zero-order chi connectivity index (χ0) is 19.6. The van der Waals surface area contributed by atoms with Gasteiger partial charge in [-0.05, 0) is 29.8 Å². The number of fused-ring (bicyclic) bond motifs is 1. The third-order valence-corrected chi connectivity index (χ3v) is 6.82. The van der Waals surface area contributed by atoms with Crippen molar-refractivity contribution >= 4 is 15.9 Å². The Kier molecular flexibility index (Phi) is 5.48. The summed E-state index contributed by atoms with van der Waals surface area (Å²) >= 11 is 0. The molecule has 1 fully saturated rings. The van der Waals surface area contributed by atoms with E-state index in [9.17, 15) is 8.42 Å². The lowest BCUT2D eigenvalue weighted by Gasteiger charge is -2.34. The maximum absolute atomic E-state index is 12.1. The molecule has 148 valence electrons. The topological polar surface area (TPSA) is 65.0 Å². The van der Waals surface area contributed by atoms with E-state index in [0.717, 1.165) is 44.8 Å². The van der Waals surface area contributed by atoms with Crippen molar-refractivity contribution in [2.45, 2.75) is 24.9 Å². The van der Waals surface area contributed by atoms with Crippen LogP contribution in [-0.2, 0) is 23.1 Å². The maximum Gasteiger partial charge on any atom is 0.263 e. The van der Waals surface area contributed by atoms with Crippen molar-refractivity contribution in [3.05, 3.63) is 65.2 Å². The summed E-state index contributed by atoms with van der Waals surface area (Å²) in [6, 6.07) is 15.4. The lowest BCUT2D eigenvalue weighted by molar-refractivity contribution is 0.132. The molecule has 4 rings (SSSR count). The van der Waals surface area contributed by atoms with Gasteiger partial charge in [-0.15, -0.1) is 0 Å². The summed E-state index contributed by atoms with van der Waals surface area (Å²) in [6.07, 6.45) is 0. The zero-order valence-corrected chi connectivity index (χ0v) is 17.0. The summed E-state index contributed by atoms with van der Waals surface area (Å²) < 4.78 is 26.8. The van der Waals surface area contributed by atoms with Crippen molar-refractivity contribution in [3.63, 3.8) is 0 Å². The van der Waals surface area contributed by atoms with Crippen LogP contribution in [0.25, 0.3) is 0 Å². The molecule has 0 saturated carbocycles. The van der Waals surface area contributed by atoms with Crippen molar-refractivity contribution in [1.82, 2.24) is 14.5 Å². The first-order chi connectivity index (χ1) is 13.5. The first-order valence-electron chi connectivity index (χ1n) is 9.74. The predicted molar refractivity (Wildman–Crippen MR) is 111 cm³/mol. The lowest BCUT2D eigenvalue weighted by Crippen LogP contribution is -2.45. The average molecular weight is 399 g/mol. The van der Waals surface area contributed by atoms with E-state index >= 15 is 0 Å². The molecule has 0 aliphatic carbocycles. The van der Waals surface area contributed by atoms with E-state index in [2.05, 4.69) is 50.7 Å². The summed E-state index contributed by atoms with van der Waals surface area (Å²) in [5, 5.41) is 0. The van der Waals surface area contributed by atoms with Gasteiger partial charge in [0.25, 0.3) is 10.0 Å². The number of amidine groups is 1. The summed E-state index contributed by atoms with van der Waals surface area (Å²) in [5.41, 5.74) is 3.01.